The zero-order valence-corrected chi connectivity index (χ0v) is 12.4. The summed E-state index contributed by atoms with van der Waals surface area (Å²) in [4.78, 5) is 12.2. The summed E-state index contributed by atoms with van der Waals surface area (Å²) in [7, 11) is 0. The lowest BCUT2D eigenvalue weighted by Gasteiger charge is -2.14. The molecule has 0 saturated heterocycles. The third-order valence-corrected chi connectivity index (χ3v) is 3.26. The molecular weight excluding hydrogens is 281 g/mol. The number of rotatable bonds is 8. The van der Waals surface area contributed by atoms with Gasteiger partial charge in [-0.15, -0.1) is 13.2 Å². The Morgan fingerprint density at radius 2 is 1.62 bits per heavy atom. The predicted molar refractivity (Wildman–Crippen MR) is 75.1 cm³/mol. The molecule has 0 saturated carbocycles. The minimum Gasteiger partial charge on any atom is -0.406 e. The van der Waals surface area contributed by atoms with E-state index in [1.807, 2.05) is 13.8 Å². The molecule has 0 atom stereocenters. The summed E-state index contributed by atoms with van der Waals surface area (Å²) in [5.74, 6) is -0.0633. The summed E-state index contributed by atoms with van der Waals surface area (Å²) in [6.45, 7) is 4.08. The Balaban J connectivity index is 2.63. The van der Waals surface area contributed by atoms with E-state index in [0.717, 1.165) is 25.7 Å². The predicted octanol–water partition coefficient (Wildman–Crippen LogP) is 4.91. The van der Waals surface area contributed by atoms with Gasteiger partial charge in [0.2, 0.25) is 0 Å². The quantitative estimate of drug-likeness (QED) is 0.682. The lowest BCUT2D eigenvalue weighted by Crippen LogP contribution is -2.18. The average molecular weight is 302 g/mol. The molecule has 1 aromatic rings. The number of halogens is 3. The van der Waals surface area contributed by atoms with E-state index >= 15 is 0 Å². The molecule has 0 aliphatic carbocycles. The van der Waals surface area contributed by atoms with Gasteiger partial charge in [0.05, 0.1) is 0 Å². The number of hydrogen-bond acceptors (Lipinski definition) is 2. The minimum absolute atomic E-state index is 0.0473. The van der Waals surface area contributed by atoms with Crippen LogP contribution in [-0.4, -0.2) is 12.1 Å². The standard InChI is InChI=1S/C16H21F3O2/c1-3-5-13(6-4-2)15(20)11-12-7-9-14(10-8-12)21-16(17,18)19/h7-10,13H,3-6,11H2,1-2H3. The van der Waals surface area contributed by atoms with Crippen molar-refractivity contribution in [1.82, 2.24) is 0 Å². The number of Topliss-reactive ketones (excluding diaryl/α,β-unsaturated/α-hetero) is 1. The maximum Gasteiger partial charge on any atom is 0.573 e. The van der Waals surface area contributed by atoms with Crippen molar-refractivity contribution >= 4 is 5.78 Å². The van der Waals surface area contributed by atoms with Crippen LogP contribution in [0.1, 0.15) is 45.1 Å². The van der Waals surface area contributed by atoms with Crippen LogP contribution in [-0.2, 0) is 11.2 Å². The van der Waals surface area contributed by atoms with Gasteiger partial charge in [0.15, 0.2) is 0 Å². The highest BCUT2D eigenvalue weighted by Crippen LogP contribution is 2.23. The van der Waals surface area contributed by atoms with Gasteiger partial charge in [-0.25, -0.2) is 0 Å². The number of benzene rings is 1. The second-order valence-corrected chi connectivity index (χ2v) is 5.11. The first-order valence-corrected chi connectivity index (χ1v) is 7.23. The molecule has 0 heterocycles. The fourth-order valence-electron chi connectivity index (χ4n) is 2.32. The van der Waals surface area contributed by atoms with Crippen LogP contribution in [0.2, 0.25) is 0 Å². The first kappa shape index (κ1) is 17.5. The molecule has 0 radical (unpaired) electrons. The zero-order valence-electron chi connectivity index (χ0n) is 12.4. The number of ketones is 1. The third kappa shape index (κ3) is 6.65. The summed E-state index contributed by atoms with van der Waals surface area (Å²) < 4.78 is 40.0. The SMILES string of the molecule is CCCC(CCC)C(=O)Cc1ccc(OC(F)(F)F)cc1. The maximum absolute atomic E-state index is 12.2. The second kappa shape index (κ2) is 8.05. The number of alkyl halides is 3. The summed E-state index contributed by atoms with van der Waals surface area (Å²) in [6, 6.07) is 5.50. The van der Waals surface area contributed by atoms with E-state index in [1.54, 1.807) is 0 Å². The topological polar surface area (TPSA) is 26.3 Å². The second-order valence-electron chi connectivity index (χ2n) is 5.11. The maximum atomic E-state index is 12.2. The first-order chi connectivity index (χ1) is 9.85. The summed E-state index contributed by atoms with van der Waals surface area (Å²) >= 11 is 0. The van der Waals surface area contributed by atoms with Gasteiger partial charge in [0.1, 0.15) is 11.5 Å². The van der Waals surface area contributed by atoms with Crippen molar-refractivity contribution in [3.63, 3.8) is 0 Å². The number of ether oxygens (including phenoxy) is 1. The summed E-state index contributed by atoms with van der Waals surface area (Å²) in [5.41, 5.74) is 0.715. The van der Waals surface area contributed by atoms with Crippen LogP contribution in [0.3, 0.4) is 0 Å². The fourth-order valence-corrected chi connectivity index (χ4v) is 2.32. The fraction of sp³-hybridized carbons (Fsp3) is 0.562. The van der Waals surface area contributed by atoms with Crippen molar-refractivity contribution in [1.29, 1.82) is 0 Å². The lowest BCUT2D eigenvalue weighted by molar-refractivity contribution is -0.274. The molecule has 0 N–H and O–H groups in total. The highest BCUT2D eigenvalue weighted by Gasteiger charge is 2.31. The Bertz CT molecular complexity index is 432. The molecule has 0 spiro atoms. The molecule has 1 aromatic carbocycles. The van der Waals surface area contributed by atoms with Gasteiger partial charge >= 0.3 is 6.36 Å². The van der Waals surface area contributed by atoms with Gasteiger partial charge < -0.3 is 4.74 Å². The lowest BCUT2D eigenvalue weighted by atomic mass is 9.90. The van der Waals surface area contributed by atoms with E-state index in [9.17, 15) is 18.0 Å². The molecule has 0 amide bonds. The Hall–Kier alpha value is -1.52. The van der Waals surface area contributed by atoms with E-state index in [2.05, 4.69) is 4.74 Å². The van der Waals surface area contributed by atoms with Crippen molar-refractivity contribution in [2.75, 3.05) is 0 Å². The van der Waals surface area contributed by atoms with E-state index in [4.69, 9.17) is 0 Å². The van der Waals surface area contributed by atoms with Crippen LogP contribution in [0.15, 0.2) is 24.3 Å². The molecule has 0 aliphatic rings. The molecule has 118 valence electrons. The van der Waals surface area contributed by atoms with Crippen LogP contribution in [0, 0.1) is 5.92 Å². The minimum atomic E-state index is -4.69. The van der Waals surface area contributed by atoms with Gasteiger partial charge in [-0.05, 0) is 30.5 Å². The molecular formula is C16H21F3O2. The smallest absolute Gasteiger partial charge is 0.406 e. The number of hydrogen-bond donors (Lipinski definition) is 0. The molecule has 0 aromatic heterocycles. The summed E-state index contributed by atoms with van der Waals surface area (Å²) in [5, 5.41) is 0. The Morgan fingerprint density at radius 3 is 2.05 bits per heavy atom. The Labute approximate surface area is 123 Å². The normalized spacial score (nSPS) is 11.7. The zero-order chi connectivity index (χ0) is 15.9. The number of carbonyl (C=O) groups excluding carboxylic acids is 1. The van der Waals surface area contributed by atoms with Crippen molar-refractivity contribution in [2.45, 2.75) is 52.3 Å². The molecule has 5 heteroatoms. The van der Waals surface area contributed by atoms with Crippen molar-refractivity contribution in [2.24, 2.45) is 5.92 Å². The molecule has 2 nitrogen and oxygen atoms in total. The molecule has 0 fully saturated rings. The van der Waals surface area contributed by atoms with Gasteiger partial charge in [-0.2, -0.15) is 0 Å². The molecule has 1 rings (SSSR count). The van der Waals surface area contributed by atoms with Gasteiger partial charge in [0.25, 0.3) is 0 Å². The summed E-state index contributed by atoms with van der Waals surface area (Å²) in [6.07, 6.45) is -0.797. The van der Waals surface area contributed by atoms with Gasteiger partial charge in [-0.1, -0.05) is 38.8 Å². The number of carbonyl (C=O) groups is 1. The third-order valence-electron chi connectivity index (χ3n) is 3.26. The molecule has 0 unspecified atom stereocenters. The Morgan fingerprint density at radius 1 is 1.10 bits per heavy atom. The van der Waals surface area contributed by atoms with Crippen LogP contribution in [0.4, 0.5) is 13.2 Å². The van der Waals surface area contributed by atoms with Gasteiger partial charge in [0, 0.05) is 12.3 Å². The van der Waals surface area contributed by atoms with Crippen LogP contribution in [0.25, 0.3) is 0 Å². The van der Waals surface area contributed by atoms with Gasteiger partial charge in [-0.3, -0.25) is 4.79 Å². The van der Waals surface area contributed by atoms with E-state index in [0.29, 0.717) is 5.56 Å². The largest absolute Gasteiger partial charge is 0.573 e. The van der Waals surface area contributed by atoms with Crippen molar-refractivity contribution in [3.8, 4) is 5.75 Å². The Kier molecular flexibility index (Phi) is 6.72. The van der Waals surface area contributed by atoms with Crippen LogP contribution in [0.5, 0.6) is 5.75 Å². The van der Waals surface area contributed by atoms with E-state index in [-0.39, 0.29) is 23.9 Å². The first-order valence-electron chi connectivity index (χ1n) is 7.23. The molecule has 21 heavy (non-hydrogen) atoms. The van der Waals surface area contributed by atoms with Crippen LogP contribution >= 0.6 is 0 Å². The highest BCUT2D eigenvalue weighted by molar-refractivity contribution is 5.83. The van der Waals surface area contributed by atoms with Crippen LogP contribution < -0.4 is 4.74 Å². The van der Waals surface area contributed by atoms with E-state index in [1.165, 1.54) is 24.3 Å². The molecule has 0 aliphatic heterocycles. The average Bonchev–Trinajstić information content (AvgIpc) is 2.39. The van der Waals surface area contributed by atoms with Crippen molar-refractivity contribution < 1.29 is 22.7 Å². The van der Waals surface area contributed by atoms with Crippen molar-refractivity contribution in [3.05, 3.63) is 29.8 Å². The highest BCUT2D eigenvalue weighted by atomic mass is 19.4. The monoisotopic (exact) mass is 302 g/mol. The van der Waals surface area contributed by atoms with E-state index < -0.39 is 6.36 Å². The molecule has 0 bridgehead atoms.